The summed E-state index contributed by atoms with van der Waals surface area (Å²) < 4.78 is 10.3. The van der Waals surface area contributed by atoms with E-state index >= 15 is 0 Å². The van der Waals surface area contributed by atoms with Crippen LogP contribution in [0, 0.1) is 6.92 Å². The van der Waals surface area contributed by atoms with Gasteiger partial charge < -0.3 is 19.8 Å². The number of amides is 2. The molecule has 0 saturated heterocycles. The zero-order valence-electron chi connectivity index (χ0n) is 16.5. The Labute approximate surface area is 169 Å². The Bertz CT molecular complexity index is 963. The van der Waals surface area contributed by atoms with Gasteiger partial charge in [0.25, 0.3) is 11.8 Å². The van der Waals surface area contributed by atoms with Crippen LogP contribution in [-0.4, -0.2) is 25.5 Å². The number of carbonyl (C=O) groups excluding carboxylic acids is 2. The van der Waals surface area contributed by atoms with Crippen LogP contribution in [0.4, 0.5) is 5.69 Å². The molecule has 150 valence electrons. The Hall–Kier alpha value is -3.54. The van der Waals surface area contributed by atoms with Crippen LogP contribution in [0.2, 0.25) is 0 Å². The maximum Gasteiger partial charge on any atom is 0.291 e. The van der Waals surface area contributed by atoms with Crippen LogP contribution < -0.4 is 15.4 Å². The van der Waals surface area contributed by atoms with Crippen LogP contribution in [0.15, 0.2) is 65.3 Å². The summed E-state index contributed by atoms with van der Waals surface area (Å²) in [7, 11) is 1.64. The van der Waals surface area contributed by atoms with Crippen molar-refractivity contribution in [2.24, 2.45) is 0 Å². The van der Waals surface area contributed by atoms with E-state index < -0.39 is 0 Å². The molecule has 29 heavy (non-hydrogen) atoms. The molecule has 6 heteroatoms. The zero-order chi connectivity index (χ0) is 20.6. The van der Waals surface area contributed by atoms with Crippen molar-refractivity contribution in [3.8, 4) is 5.75 Å². The monoisotopic (exact) mass is 392 g/mol. The molecule has 3 aromatic rings. The van der Waals surface area contributed by atoms with E-state index in [1.54, 1.807) is 31.4 Å². The summed E-state index contributed by atoms with van der Waals surface area (Å²) in [6, 6.07) is 16.4. The SMILES string of the molecule is COc1ccc(CCCNC(=O)c2ccc(C)c(NC(=O)c3ccco3)c2)cc1. The molecule has 1 aromatic heterocycles. The summed E-state index contributed by atoms with van der Waals surface area (Å²) in [5, 5.41) is 5.71. The van der Waals surface area contributed by atoms with Crippen LogP contribution in [-0.2, 0) is 6.42 Å². The third-order valence-electron chi connectivity index (χ3n) is 4.58. The number of ether oxygens (including phenoxy) is 1. The number of nitrogens with one attached hydrogen (secondary N) is 2. The lowest BCUT2D eigenvalue weighted by molar-refractivity contribution is 0.0951. The van der Waals surface area contributed by atoms with Crippen LogP contribution in [0.5, 0.6) is 5.75 Å². The van der Waals surface area contributed by atoms with Gasteiger partial charge >= 0.3 is 0 Å². The molecule has 0 bridgehead atoms. The molecule has 6 nitrogen and oxygen atoms in total. The molecule has 0 atom stereocenters. The topological polar surface area (TPSA) is 80.6 Å². The maximum atomic E-state index is 12.5. The van der Waals surface area contributed by atoms with Crippen molar-refractivity contribution in [1.82, 2.24) is 5.32 Å². The highest BCUT2D eigenvalue weighted by atomic mass is 16.5. The number of carbonyl (C=O) groups is 2. The number of hydrogen-bond acceptors (Lipinski definition) is 4. The number of aryl methyl sites for hydroxylation is 2. The first kappa shape index (κ1) is 20.2. The van der Waals surface area contributed by atoms with Crippen molar-refractivity contribution in [2.75, 3.05) is 19.0 Å². The third kappa shape index (κ3) is 5.48. The summed E-state index contributed by atoms with van der Waals surface area (Å²) in [5.41, 5.74) is 3.13. The molecule has 0 spiro atoms. The van der Waals surface area contributed by atoms with Crippen LogP contribution in [0.3, 0.4) is 0 Å². The predicted octanol–water partition coefficient (Wildman–Crippen LogP) is 4.21. The largest absolute Gasteiger partial charge is 0.497 e. The molecule has 0 aliphatic heterocycles. The first-order valence-corrected chi connectivity index (χ1v) is 9.43. The van der Waals surface area contributed by atoms with Crippen molar-refractivity contribution in [3.05, 3.63) is 83.3 Å². The molecule has 0 fully saturated rings. The maximum absolute atomic E-state index is 12.5. The lowest BCUT2D eigenvalue weighted by Gasteiger charge is -2.10. The first-order valence-electron chi connectivity index (χ1n) is 9.43. The van der Waals surface area contributed by atoms with Crippen molar-refractivity contribution in [2.45, 2.75) is 19.8 Å². The summed E-state index contributed by atoms with van der Waals surface area (Å²) in [4.78, 5) is 24.6. The van der Waals surface area contributed by atoms with Gasteiger partial charge in [-0.3, -0.25) is 9.59 Å². The number of hydrogen-bond donors (Lipinski definition) is 2. The second kappa shape index (κ2) is 9.59. The van der Waals surface area contributed by atoms with Gasteiger partial charge in [-0.05, 0) is 67.3 Å². The van der Waals surface area contributed by atoms with Gasteiger partial charge in [0.2, 0.25) is 0 Å². The molecular weight excluding hydrogens is 368 g/mol. The molecule has 0 aliphatic carbocycles. The fraction of sp³-hybridized carbons (Fsp3) is 0.217. The molecule has 0 radical (unpaired) electrons. The number of furan rings is 1. The van der Waals surface area contributed by atoms with E-state index in [4.69, 9.17) is 9.15 Å². The molecule has 0 aliphatic rings. The van der Waals surface area contributed by atoms with Gasteiger partial charge in [-0.2, -0.15) is 0 Å². The highest BCUT2D eigenvalue weighted by molar-refractivity contribution is 6.03. The zero-order valence-corrected chi connectivity index (χ0v) is 16.5. The average Bonchev–Trinajstić information content (AvgIpc) is 3.28. The summed E-state index contributed by atoms with van der Waals surface area (Å²) in [6.45, 7) is 2.43. The minimum Gasteiger partial charge on any atom is -0.497 e. The highest BCUT2D eigenvalue weighted by Gasteiger charge is 2.13. The highest BCUT2D eigenvalue weighted by Crippen LogP contribution is 2.18. The Morgan fingerprint density at radius 1 is 1.03 bits per heavy atom. The van der Waals surface area contributed by atoms with E-state index in [9.17, 15) is 9.59 Å². The summed E-state index contributed by atoms with van der Waals surface area (Å²) in [5.74, 6) is 0.525. The molecule has 1 heterocycles. The Kier molecular flexibility index (Phi) is 6.68. The van der Waals surface area contributed by atoms with E-state index in [0.717, 1.165) is 24.2 Å². The molecule has 2 N–H and O–H groups in total. The van der Waals surface area contributed by atoms with Crippen molar-refractivity contribution in [3.63, 3.8) is 0 Å². The molecule has 2 aromatic carbocycles. The van der Waals surface area contributed by atoms with Gasteiger partial charge in [-0.25, -0.2) is 0 Å². The van der Waals surface area contributed by atoms with Crippen molar-refractivity contribution < 1.29 is 18.7 Å². The number of rotatable bonds is 8. The number of benzene rings is 2. The van der Waals surface area contributed by atoms with Gasteiger partial charge in [0.15, 0.2) is 5.76 Å². The molecular formula is C23H24N2O4. The Balaban J connectivity index is 1.52. The number of anilines is 1. The lowest BCUT2D eigenvalue weighted by atomic mass is 10.1. The van der Waals surface area contributed by atoms with Crippen molar-refractivity contribution in [1.29, 1.82) is 0 Å². The average molecular weight is 392 g/mol. The lowest BCUT2D eigenvalue weighted by Crippen LogP contribution is -2.25. The van der Waals surface area contributed by atoms with Gasteiger partial charge in [0.05, 0.1) is 13.4 Å². The molecule has 0 saturated carbocycles. The molecule has 0 unspecified atom stereocenters. The van der Waals surface area contributed by atoms with Gasteiger partial charge in [-0.1, -0.05) is 18.2 Å². The fourth-order valence-corrected chi connectivity index (χ4v) is 2.88. The Morgan fingerprint density at radius 3 is 2.52 bits per heavy atom. The van der Waals surface area contributed by atoms with Gasteiger partial charge in [-0.15, -0.1) is 0 Å². The van der Waals surface area contributed by atoms with E-state index in [-0.39, 0.29) is 17.6 Å². The second-order valence-corrected chi connectivity index (χ2v) is 6.67. The van der Waals surface area contributed by atoms with Gasteiger partial charge in [0, 0.05) is 17.8 Å². The van der Waals surface area contributed by atoms with E-state index in [0.29, 0.717) is 17.8 Å². The second-order valence-electron chi connectivity index (χ2n) is 6.67. The van der Waals surface area contributed by atoms with Crippen molar-refractivity contribution >= 4 is 17.5 Å². The number of methoxy groups -OCH3 is 1. The van der Waals surface area contributed by atoms with Crippen LogP contribution >= 0.6 is 0 Å². The smallest absolute Gasteiger partial charge is 0.291 e. The van der Waals surface area contributed by atoms with E-state index in [1.807, 2.05) is 37.3 Å². The predicted molar refractivity (Wildman–Crippen MR) is 111 cm³/mol. The summed E-state index contributed by atoms with van der Waals surface area (Å²) >= 11 is 0. The fourth-order valence-electron chi connectivity index (χ4n) is 2.88. The van der Waals surface area contributed by atoms with Crippen LogP contribution in [0.25, 0.3) is 0 Å². The minimum atomic E-state index is -0.352. The third-order valence-corrected chi connectivity index (χ3v) is 4.58. The standard InChI is InChI=1S/C23H24N2O4/c1-16-7-10-18(15-20(16)25-23(27)21-6-4-14-29-21)22(26)24-13-3-5-17-8-11-19(28-2)12-9-17/h4,6-12,14-15H,3,5,13H2,1-2H3,(H,24,26)(H,25,27). The summed E-state index contributed by atoms with van der Waals surface area (Å²) in [6.07, 6.45) is 3.13. The van der Waals surface area contributed by atoms with E-state index in [2.05, 4.69) is 10.6 Å². The molecule has 3 rings (SSSR count). The van der Waals surface area contributed by atoms with E-state index in [1.165, 1.54) is 11.8 Å². The van der Waals surface area contributed by atoms with Crippen LogP contribution in [0.1, 0.15) is 38.5 Å². The van der Waals surface area contributed by atoms with Gasteiger partial charge in [0.1, 0.15) is 5.75 Å². The minimum absolute atomic E-state index is 0.173. The first-order chi connectivity index (χ1) is 14.1. The quantitative estimate of drug-likeness (QED) is 0.563. The normalized spacial score (nSPS) is 10.4. The Morgan fingerprint density at radius 2 is 1.83 bits per heavy atom. The molecule has 2 amide bonds.